The molecule has 1 aromatic rings. The van der Waals surface area contributed by atoms with Crippen LogP contribution in [0.5, 0.6) is 0 Å². The Morgan fingerprint density at radius 2 is 2.27 bits per heavy atom. The maximum Gasteiger partial charge on any atom is 0.0624 e. The van der Waals surface area contributed by atoms with E-state index in [1.54, 1.807) is 6.20 Å². The Bertz CT molecular complexity index is 322. The van der Waals surface area contributed by atoms with Gasteiger partial charge in [0.25, 0.3) is 0 Å². The zero-order valence-corrected chi connectivity index (χ0v) is 9.27. The van der Waals surface area contributed by atoms with Gasteiger partial charge in [-0.3, -0.25) is 4.98 Å². The third kappa shape index (κ3) is 1.66. The summed E-state index contributed by atoms with van der Waals surface area (Å²) in [5.41, 5.74) is 0.762. The number of nitrogens with zero attached hydrogens (tertiary/aromatic N) is 1. The zero-order chi connectivity index (χ0) is 10.9. The van der Waals surface area contributed by atoms with Crippen molar-refractivity contribution in [2.75, 3.05) is 13.1 Å². The van der Waals surface area contributed by atoms with Gasteiger partial charge in [0.15, 0.2) is 0 Å². The summed E-state index contributed by atoms with van der Waals surface area (Å²) in [5.74, 6) is 0.479. The van der Waals surface area contributed by atoms with Gasteiger partial charge in [-0.25, -0.2) is 0 Å². The number of aliphatic hydroxyl groups excluding tert-OH is 1. The van der Waals surface area contributed by atoms with Crippen molar-refractivity contribution in [3.8, 4) is 0 Å². The van der Waals surface area contributed by atoms with Crippen LogP contribution in [0.2, 0.25) is 0 Å². The predicted octanol–water partition coefficient (Wildman–Crippen LogP) is 0.940. The lowest BCUT2D eigenvalue weighted by Gasteiger charge is -2.45. The number of rotatable bonds is 3. The van der Waals surface area contributed by atoms with E-state index < -0.39 is 0 Å². The zero-order valence-electron chi connectivity index (χ0n) is 9.27. The molecule has 0 aliphatic carbocycles. The van der Waals surface area contributed by atoms with Gasteiger partial charge in [-0.1, -0.05) is 13.0 Å². The highest BCUT2D eigenvalue weighted by molar-refractivity contribution is 5.21. The molecule has 1 aliphatic rings. The minimum absolute atomic E-state index is 0.230. The molecule has 1 aromatic heterocycles. The van der Waals surface area contributed by atoms with Crippen molar-refractivity contribution in [2.45, 2.75) is 25.4 Å². The molecule has 0 bridgehead atoms. The van der Waals surface area contributed by atoms with Crippen LogP contribution in [0, 0.1) is 5.92 Å². The van der Waals surface area contributed by atoms with Crippen molar-refractivity contribution in [3.63, 3.8) is 0 Å². The first-order valence-electron chi connectivity index (χ1n) is 5.46. The highest BCUT2D eigenvalue weighted by Crippen LogP contribution is 2.36. The van der Waals surface area contributed by atoms with E-state index in [1.807, 2.05) is 25.1 Å². The average Bonchev–Trinajstić information content (AvgIpc) is 2.16. The fourth-order valence-electron chi connectivity index (χ4n) is 2.16. The number of hydrogen-bond acceptors (Lipinski definition) is 3. The quantitative estimate of drug-likeness (QED) is 0.773. The summed E-state index contributed by atoms with van der Waals surface area (Å²) in [6, 6.07) is 5.89. The fraction of sp³-hybridized carbons (Fsp3) is 0.583. The summed E-state index contributed by atoms with van der Waals surface area (Å²) in [6.45, 7) is 5.90. The van der Waals surface area contributed by atoms with Crippen LogP contribution in [0.3, 0.4) is 0 Å². The molecule has 0 aromatic carbocycles. The maximum atomic E-state index is 9.99. The van der Waals surface area contributed by atoms with E-state index in [0.717, 1.165) is 18.8 Å². The van der Waals surface area contributed by atoms with Gasteiger partial charge in [-0.2, -0.15) is 0 Å². The van der Waals surface area contributed by atoms with Crippen LogP contribution >= 0.6 is 0 Å². The summed E-state index contributed by atoms with van der Waals surface area (Å²) in [5, 5.41) is 13.2. The van der Waals surface area contributed by atoms with Crippen molar-refractivity contribution >= 4 is 0 Å². The van der Waals surface area contributed by atoms with Gasteiger partial charge in [-0.05, 0) is 25.0 Å². The number of aromatic nitrogens is 1. The van der Waals surface area contributed by atoms with Gasteiger partial charge < -0.3 is 10.4 Å². The lowest BCUT2D eigenvalue weighted by atomic mass is 9.68. The van der Waals surface area contributed by atoms with Crippen molar-refractivity contribution in [1.29, 1.82) is 0 Å². The van der Waals surface area contributed by atoms with Gasteiger partial charge in [0.2, 0.25) is 0 Å². The Labute approximate surface area is 90.5 Å². The number of hydrogen-bond donors (Lipinski definition) is 2. The van der Waals surface area contributed by atoms with Crippen LogP contribution < -0.4 is 5.32 Å². The van der Waals surface area contributed by atoms with Gasteiger partial charge in [-0.15, -0.1) is 0 Å². The number of nitrogens with one attached hydrogen (secondary N) is 1. The first-order chi connectivity index (χ1) is 7.15. The fourth-order valence-corrected chi connectivity index (χ4v) is 2.16. The van der Waals surface area contributed by atoms with E-state index >= 15 is 0 Å². The highest BCUT2D eigenvalue weighted by Gasteiger charge is 2.43. The summed E-state index contributed by atoms with van der Waals surface area (Å²) in [7, 11) is 0. The number of pyridine rings is 1. The highest BCUT2D eigenvalue weighted by atomic mass is 16.3. The molecule has 2 heterocycles. The first-order valence-corrected chi connectivity index (χ1v) is 5.46. The molecule has 82 valence electrons. The van der Waals surface area contributed by atoms with Gasteiger partial charge in [0.05, 0.1) is 6.10 Å². The topological polar surface area (TPSA) is 45.2 Å². The average molecular weight is 206 g/mol. The van der Waals surface area contributed by atoms with Crippen LogP contribution in [-0.2, 0) is 5.41 Å². The Hall–Kier alpha value is -0.930. The molecule has 0 amide bonds. The largest absolute Gasteiger partial charge is 0.392 e. The molecular weight excluding hydrogens is 188 g/mol. The van der Waals surface area contributed by atoms with Gasteiger partial charge in [0, 0.05) is 30.4 Å². The van der Waals surface area contributed by atoms with Gasteiger partial charge in [0.1, 0.15) is 0 Å². The van der Waals surface area contributed by atoms with Gasteiger partial charge >= 0.3 is 0 Å². The van der Waals surface area contributed by atoms with E-state index in [1.165, 1.54) is 0 Å². The SMILES string of the molecule is CC(O)C(C)(c1ccccn1)C1CNC1. The summed E-state index contributed by atoms with van der Waals surface area (Å²) in [6.07, 6.45) is 1.42. The molecule has 2 N–H and O–H groups in total. The van der Waals surface area contributed by atoms with Crippen molar-refractivity contribution in [3.05, 3.63) is 30.1 Å². The second kappa shape index (κ2) is 3.91. The Morgan fingerprint density at radius 1 is 1.53 bits per heavy atom. The van der Waals surface area contributed by atoms with Crippen molar-refractivity contribution in [1.82, 2.24) is 10.3 Å². The van der Waals surface area contributed by atoms with Crippen LogP contribution in [0.4, 0.5) is 0 Å². The van der Waals surface area contributed by atoms with Crippen LogP contribution in [0.1, 0.15) is 19.5 Å². The van der Waals surface area contributed by atoms with Crippen LogP contribution in [-0.4, -0.2) is 29.3 Å². The van der Waals surface area contributed by atoms with E-state index in [2.05, 4.69) is 17.2 Å². The summed E-state index contributed by atoms with van der Waals surface area (Å²) >= 11 is 0. The molecule has 2 atom stereocenters. The molecule has 3 heteroatoms. The smallest absolute Gasteiger partial charge is 0.0624 e. The minimum atomic E-state index is -0.375. The first kappa shape index (κ1) is 10.6. The monoisotopic (exact) mass is 206 g/mol. The molecule has 1 saturated heterocycles. The normalized spacial score (nSPS) is 22.9. The Balaban J connectivity index is 2.34. The Morgan fingerprint density at radius 3 is 2.67 bits per heavy atom. The third-order valence-electron chi connectivity index (χ3n) is 3.71. The van der Waals surface area contributed by atoms with Crippen molar-refractivity contribution < 1.29 is 5.11 Å². The molecule has 1 fully saturated rings. The summed E-state index contributed by atoms with van der Waals surface area (Å²) < 4.78 is 0. The van der Waals surface area contributed by atoms with Crippen molar-refractivity contribution in [2.24, 2.45) is 5.92 Å². The Kier molecular flexibility index (Phi) is 2.76. The minimum Gasteiger partial charge on any atom is -0.392 e. The molecule has 15 heavy (non-hydrogen) atoms. The van der Waals surface area contributed by atoms with Crippen LogP contribution in [0.25, 0.3) is 0 Å². The molecular formula is C12H18N2O. The van der Waals surface area contributed by atoms with E-state index in [4.69, 9.17) is 0 Å². The van der Waals surface area contributed by atoms with E-state index in [-0.39, 0.29) is 11.5 Å². The maximum absolute atomic E-state index is 9.99. The third-order valence-corrected chi connectivity index (χ3v) is 3.71. The number of aliphatic hydroxyl groups is 1. The van der Waals surface area contributed by atoms with E-state index in [0.29, 0.717) is 5.92 Å². The van der Waals surface area contributed by atoms with Crippen LogP contribution in [0.15, 0.2) is 24.4 Å². The molecule has 0 radical (unpaired) electrons. The molecule has 2 unspecified atom stereocenters. The second-order valence-corrected chi connectivity index (χ2v) is 4.53. The molecule has 1 aliphatic heterocycles. The van der Waals surface area contributed by atoms with E-state index in [9.17, 15) is 5.11 Å². The standard InChI is InChI=1S/C12H18N2O/c1-9(15)12(2,10-7-13-8-10)11-5-3-4-6-14-11/h3-6,9-10,13,15H,7-8H2,1-2H3. The molecule has 0 spiro atoms. The predicted molar refractivity (Wildman–Crippen MR) is 59.6 cm³/mol. The molecule has 0 saturated carbocycles. The lowest BCUT2D eigenvalue weighted by molar-refractivity contribution is 0.0422. The molecule has 2 rings (SSSR count). The lowest BCUT2D eigenvalue weighted by Crippen LogP contribution is -2.57. The second-order valence-electron chi connectivity index (χ2n) is 4.53. The summed E-state index contributed by atoms with van der Waals surface area (Å²) in [4.78, 5) is 4.39. The molecule has 3 nitrogen and oxygen atoms in total.